The van der Waals surface area contributed by atoms with E-state index in [0.717, 1.165) is 16.3 Å². The van der Waals surface area contributed by atoms with Crippen molar-refractivity contribution in [1.82, 2.24) is 0 Å². The molecule has 0 atom stereocenters. The van der Waals surface area contributed by atoms with Crippen molar-refractivity contribution < 1.29 is 9.53 Å². The summed E-state index contributed by atoms with van der Waals surface area (Å²) in [5, 5.41) is 2.30. The van der Waals surface area contributed by atoms with Crippen LogP contribution in [0.4, 0.5) is 0 Å². The van der Waals surface area contributed by atoms with Crippen LogP contribution in [0.25, 0.3) is 10.8 Å². The van der Waals surface area contributed by atoms with Crippen molar-refractivity contribution in [2.45, 2.75) is 25.9 Å². The SMILES string of the molecule is COC(C)(C)C(=O)Cc1cccc2ccccc12. The third kappa shape index (κ3) is 2.44. The molecular formula is C16H18O2. The van der Waals surface area contributed by atoms with Gasteiger partial charge in [-0.05, 0) is 30.2 Å². The average molecular weight is 242 g/mol. The van der Waals surface area contributed by atoms with Gasteiger partial charge in [0.15, 0.2) is 5.78 Å². The molecule has 0 aliphatic carbocycles. The average Bonchev–Trinajstić information content (AvgIpc) is 2.39. The Balaban J connectivity index is 2.36. The van der Waals surface area contributed by atoms with Crippen LogP contribution in [0.5, 0.6) is 0 Å². The van der Waals surface area contributed by atoms with Crippen LogP contribution in [-0.4, -0.2) is 18.5 Å². The highest BCUT2D eigenvalue weighted by Crippen LogP contribution is 2.21. The Morgan fingerprint density at radius 2 is 1.78 bits per heavy atom. The number of methoxy groups -OCH3 is 1. The van der Waals surface area contributed by atoms with Gasteiger partial charge in [0.1, 0.15) is 5.60 Å². The zero-order chi connectivity index (χ0) is 13.2. The molecule has 2 heteroatoms. The molecule has 0 bridgehead atoms. The molecule has 2 rings (SSSR count). The Morgan fingerprint density at radius 3 is 2.50 bits per heavy atom. The highest BCUT2D eigenvalue weighted by molar-refractivity contribution is 5.94. The van der Waals surface area contributed by atoms with Crippen LogP contribution in [0.2, 0.25) is 0 Å². The van der Waals surface area contributed by atoms with E-state index in [-0.39, 0.29) is 5.78 Å². The molecule has 2 aromatic carbocycles. The summed E-state index contributed by atoms with van der Waals surface area (Å²) in [5.74, 6) is 0.0985. The molecule has 0 fully saturated rings. The van der Waals surface area contributed by atoms with Crippen LogP contribution in [0.1, 0.15) is 19.4 Å². The largest absolute Gasteiger partial charge is 0.371 e. The van der Waals surface area contributed by atoms with Crippen LogP contribution < -0.4 is 0 Å². The summed E-state index contributed by atoms with van der Waals surface area (Å²) >= 11 is 0. The number of fused-ring (bicyclic) bond motifs is 1. The smallest absolute Gasteiger partial charge is 0.168 e. The summed E-state index contributed by atoms with van der Waals surface area (Å²) in [5.41, 5.74) is 0.333. The van der Waals surface area contributed by atoms with Crippen molar-refractivity contribution in [1.29, 1.82) is 0 Å². The molecule has 0 amide bonds. The number of hydrogen-bond donors (Lipinski definition) is 0. The molecule has 0 aliphatic heterocycles. The van der Waals surface area contributed by atoms with E-state index in [2.05, 4.69) is 18.2 Å². The molecule has 0 heterocycles. The first-order valence-corrected chi connectivity index (χ1v) is 6.09. The first-order chi connectivity index (χ1) is 8.54. The fourth-order valence-corrected chi connectivity index (χ4v) is 1.95. The molecule has 0 spiro atoms. The fourth-order valence-electron chi connectivity index (χ4n) is 1.95. The fraction of sp³-hybridized carbons (Fsp3) is 0.312. The molecule has 0 radical (unpaired) electrons. The van der Waals surface area contributed by atoms with Gasteiger partial charge in [0.25, 0.3) is 0 Å². The van der Waals surface area contributed by atoms with Gasteiger partial charge in [-0.25, -0.2) is 0 Å². The summed E-state index contributed by atoms with van der Waals surface area (Å²) < 4.78 is 5.23. The van der Waals surface area contributed by atoms with Gasteiger partial charge in [0.2, 0.25) is 0 Å². The van der Waals surface area contributed by atoms with Crippen molar-refractivity contribution >= 4 is 16.6 Å². The summed E-state index contributed by atoms with van der Waals surface area (Å²) in [6, 6.07) is 14.2. The van der Waals surface area contributed by atoms with Crippen LogP contribution in [0.15, 0.2) is 42.5 Å². The summed E-state index contributed by atoms with van der Waals surface area (Å²) in [4.78, 5) is 12.2. The van der Waals surface area contributed by atoms with Gasteiger partial charge in [-0.3, -0.25) is 4.79 Å². The Hall–Kier alpha value is -1.67. The number of benzene rings is 2. The van der Waals surface area contributed by atoms with E-state index in [1.807, 2.05) is 24.3 Å². The number of ether oxygens (including phenoxy) is 1. The van der Waals surface area contributed by atoms with E-state index in [1.54, 1.807) is 21.0 Å². The Morgan fingerprint density at radius 1 is 1.11 bits per heavy atom. The van der Waals surface area contributed by atoms with Crippen molar-refractivity contribution in [3.63, 3.8) is 0 Å². The Bertz CT molecular complexity index is 565. The Kier molecular flexibility index (Phi) is 3.48. The maximum Gasteiger partial charge on any atom is 0.168 e. The molecule has 0 N–H and O–H groups in total. The maximum atomic E-state index is 12.2. The van der Waals surface area contributed by atoms with Crippen molar-refractivity contribution in [3.8, 4) is 0 Å². The number of rotatable bonds is 4. The van der Waals surface area contributed by atoms with Crippen LogP contribution >= 0.6 is 0 Å². The monoisotopic (exact) mass is 242 g/mol. The molecule has 2 nitrogen and oxygen atoms in total. The van der Waals surface area contributed by atoms with Crippen molar-refractivity contribution in [2.75, 3.05) is 7.11 Å². The lowest BCUT2D eigenvalue weighted by molar-refractivity contribution is -0.136. The first kappa shape index (κ1) is 12.8. The highest BCUT2D eigenvalue weighted by atomic mass is 16.5. The number of carbonyl (C=O) groups excluding carboxylic acids is 1. The molecule has 0 aromatic heterocycles. The third-order valence-corrected chi connectivity index (χ3v) is 3.41. The van der Waals surface area contributed by atoms with Gasteiger partial charge < -0.3 is 4.74 Å². The van der Waals surface area contributed by atoms with E-state index in [0.29, 0.717) is 6.42 Å². The number of Topliss-reactive ketones (excluding diaryl/α,β-unsaturated/α-hetero) is 1. The molecule has 0 aliphatic rings. The highest BCUT2D eigenvalue weighted by Gasteiger charge is 2.26. The maximum absolute atomic E-state index is 12.2. The minimum Gasteiger partial charge on any atom is -0.371 e. The van der Waals surface area contributed by atoms with Crippen molar-refractivity contribution in [2.24, 2.45) is 0 Å². The first-order valence-electron chi connectivity index (χ1n) is 6.09. The van der Waals surface area contributed by atoms with Crippen LogP contribution in [0.3, 0.4) is 0 Å². The molecule has 0 saturated heterocycles. The van der Waals surface area contributed by atoms with Gasteiger partial charge in [0.05, 0.1) is 0 Å². The normalized spacial score (nSPS) is 11.7. The molecule has 0 saturated carbocycles. The minimum absolute atomic E-state index is 0.0985. The summed E-state index contributed by atoms with van der Waals surface area (Å²) in [6.07, 6.45) is 0.405. The second-order valence-electron chi connectivity index (χ2n) is 4.95. The van der Waals surface area contributed by atoms with Gasteiger partial charge in [-0.2, -0.15) is 0 Å². The van der Waals surface area contributed by atoms with E-state index >= 15 is 0 Å². The number of ketones is 1. The van der Waals surface area contributed by atoms with E-state index in [1.165, 1.54) is 0 Å². The van der Waals surface area contributed by atoms with Crippen LogP contribution in [0, 0.1) is 0 Å². The predicted octanol–water partition coefficient (Wildman–Crippen LogP) is 3.38. The van der Waals surface area contributed by atoms with Gasteiger partial charge in [0, 0.05) is 13.5 Å². The zero-order valence-electron chi connectivity index (χ0n) is 11.1. The number of carbonyl (C=O) groups is 1. The number of hydrogen-bond acceptors (Lipinski definition) is 2. The van der Waals surface area contributed by atoms with E-state index in [9.17, 15) is 4.79 Å². The lowest BCUT2D eigenvalue weighted by atomic mass is 9.94. The zero-order valence-corrected chi connectivity index (χ0v) is 11.1. The predicted molar refractivity (Wildman–Crippen MR) is 73.7 cm³/mol. The second-order valence-corrected chi connectivity index (χ2v) is 4.95. The Labute approximate surface area is 108 Å². The lowest BCUT2D eigenvalue weighted by Crippen LogP contribution is -2.35. The third-order valence-electron chi connectivity index (χ3n) is 3.41. The molecule has 94 valence electrons. The van der Waals surface area contributed by atoms with Gasteiger partial charge in [-0.1, -0.05) is 42.5 Å². The summed E-state index contributed by atoms with van der Waals surface area (Å²) in [7, 11) is 1.57. The van der Waals surface area contributed by atoms with E-state index in [4.69, 9.17) is 4.74 Å². The quantitative estimate of drug-likeness (QED) is 0.821. The van der Waals surface area contributed by atoms with Crippen LogP contribution in [-0.2, 0) is 16.0 Å². The minimum atomic E-state index is -0.725. The second kappa shape index (κ2) is 4.91. The standard InChI is InChI=1S/C16H18O2/c1-16(2,18-3)15(17)11-13-9-6-8-12-7-4-5-10-14(12)13/h4-10H,11H2,1-3H3. The van der Waals surface area contributed by atoms with E-state index < -0.39 is 5.60 Å². The molecular weight excluding hydrogens is 224 g/mol. The van der Waals surface area contributed by atoms with Gasteiger partial charge >= 0.3 is 0 Å². The topological polar surface area (TPSA) is 26.3 Å². The molecule has 0 unspecified atom stereocenters. The lowest BCUT2D eigenvalue weighted by Gasteiger charge is -2.21. The van der Waals surface area contributed by atoms with Gasteiger partial charge in [-0.15, -0.1) is 0 Å². The molecule has 2 aromatic rings. The summed E-state index contributed by atoms with van der Waals surface area (Å²) in [6.45, 7) is 3.61. The van der Waals surface area contributed by atoms with Crippen molar-refractivity contribution in [3.05, 3.63) is 48.0 Å². The molecule has 18 heavy (non-hydrogen) atoms.